The number of carbonyl (C=O) groups is 3. The van der Waals surface area contributed by atoms with Gasteiger partial charge in [-0.15, -0.1) is 10.2 Å². The molecular weight excluding hydrogens is 402 g/mol. The molecule has 0 unspecified atom stereocenters. The van der Waals surface area contributed by atoms with Gasteiger partial charge in [-0.1, -0.05) is 30.3 Å². The fourth-order valence-corrected chi connectivity index (χ4v) is 2.91. The lowest BCUT2D eigenvalue weighted by Crippen LogP contribution is -2.32. The quantitative estimate of drug-likeness (QED) is 0.474. The van der Waals surface area contributed by atoms with Crippen molar-refractivity contribution in [2.45, 2.75) is 13.5 Å². The first-order chi connectivity index (χ1) is 14.8. The number of nitrogens with two attached hydrogens (primary N) is 1. The Labute approximate surface area is 177 Å². The van der Waals surface area contributed by atoms with Crippen LogP contribution in [0.1, 0.15) is 5.56 Å². The van der Waals surface area contributed by atoms with Crippen LogP contribution in [-0.4, -0.2) is 40.5 Å². The third-order valence-corrected chi connectivity index (χ3v) is 4.29. The van der Waals surface area contributed by atoms with Crippen LogP contribution in [0.4, 0.5) is 5.69 Å². The number of fused-ring (bicyclic) bond motifs is 1. The number of hydrogen-bond donors (Lipinski definition) is 3. The van der Waals surface area contributed by atoms with Gasteiger partial charge in [-0.05, 0) is 30.7 Å². The van der Waals surface area contributed by atoms with Crippen LogP contribution in [0.25, 0.3) is 10.9 Å². The van der Waals surface area contributed by atoms with E-state index in [9.17, 15) is 19.5 Å². The summed E-state index contributed by atoms with van der Waals surface area (Å²) < 4.78 is 6.64. The fraction of sp³-hybridized carbons (Fsp3) is 0.190. The summed E-state index contributed by atoms with van der Waals surface area (Å²) in [5, 5.41) is 20.6. The van der Waals surface area contributed by atoms with E-state index in [1.807, 2.05) is 19.1 Å². The van der Waals surface area contributed by atoms with Gasteiger partial charge in [-0.25, -0.2) is 0 Å². The van der Waals surface area contributed by atoms with E-state index in [1.54, 1.807) is 36.4 Å². The van der Waals surface area contributed by atoms with Crippen LogP contribution in [0.3, 0.4) is 0 Å². The first-order valence-corrected chi connectivity index (χ1v) is 9.34. The van der Waals surface area contributed by atoms with Crippen LogP contribution in [-0.2, 0) is 20.9 Å². The molecule has 0 saturated carbocycles. The molecule has 3 rings (SSSR count). The Kier molecular flexibility index (Phi) is 6.61. The number of nitrogens with zero attached hydrogens (tertiary/aromatic N) is 3. The van der Waals surface area contributed by atoms with Gasteiger partial charge in [0.15, 0.2) is 12.3 Å². The van der Waals surface area contributed by atoms with Crippen molar-refractivity contribution in [2.24, 2.45) is 16.0 Å². The maximum Gasteiger partial charge on any atom is 0.283 e. The van der Waals surface area contributed by atoms with Crippen LogP contribution in [0.5, 0.6) is 11.6 Å². The minimum atomic E-state index is -0.727. The molecule has 2 aromatic carbocycles. The third-order valence-electron chi connectivity index (χ3n) is 4.29. The Morgan fingerprint density at radius 1 is 1.16 bits per heavy atom. The summed E-state index contributed by atoms with van der Waals surface area (Å²) in [7, 11) is 0. The zero-order valence-electron chi connectivity index (χ0n) is 16.7. The molecule has 10 heteroatoms. The molecule has 0 fully saturated rings. The number of carbonyl (C=O) groups excluding carboxylic acids is 3. The monoisotopic (exact) mass is 423 g/mol. The second kappa shape index (κ2) is 9.53. The van der Waals surface area contributed by atoms with E-state index >= 15 is 0 Å². The summed E-state index contributed by atoms with van der Waals surface area (Å²) in [6, 6.07) is 14.0. The lowest BCUT2D eigenvalue weighted by atomic mass is 10.2. The van der Waals surface area contributed by atoms with Crippen molar-refractivity contribution in [1.29, 1.82) is 0 Å². The first-order valence-electron chi connectivity index (χ1n) is 9.34. The van der Waals surface area contributed by atoms with E-state index in [2.05, 4.69) is 15.5 Å². The smallest absolute Gasteiger partial charge is 0.283 e. The summed E-state index contributed by atoms with van der Waals surface area (Å²) in [6.45, 7) is 1.00. The second-order valence-electron chi connectivity index (χ2n) is 6.72. The van der Waals surface area contributed by atoms with Gasteiger partial charge in [0.05, 0.1) is 5.52 Å². The number of primary amides is 1. The SMILES string of the molecule is Cc1cccc(OCC(=O)NCC(=O)N=Nc2c(O)n(CC(N)=O)c3ccccc23)c1. The third kappa shape index (κ3) is 5.44. The summed E-state index contributed by atoms with van der Waals surface area (Å²) in [5.41, 5.74) is 6.76. The predicted octanol–water partition coefficient (Wildman–Crippen LogP) is 1.95. The van der Waals surface area contributed by atoms with Gasteiger partial charge < -0.3 is 25.5 Å². The highest BCUT2D eigenvalue weighted by Gasteiger charge is 2.18. The van der Waals surface area contributed by atoms with E-state index in [4.69, 9.17) is 10.5 Å². The number of aromatic nitrogens is 1. The molecule has 0 aliphatic heterocycles. The molecule has 1 heterocycles. The molecule has 0 spiro atoms. The Balaban J connectivity index is 1.61. The number of benzene rings is 2. The van der Waals surface area contributed by atoms with E-state index in [-0.39, 0.29) is 31.3 Å². The molecular formula is C21H21N5O5. The van der Waals surface area contributed by atoms with E-state index < -0.39 is 17.7 Å². The van der Waals surface area contributed by atoms with Gasteiger partial charge >= 0.3 is 0 Å². The lowest BCUT2D eigenvalue weighted by molar-refractivity contribution is -0.126. The Bertz CT molecular complexity index is 1170. The van der Waals surface area contributed by atoms with Crippen LogP contribution in [0.2, 0.25) is 0 Å². The largest absolute Gasteiger partial charge is 0.493 e. The first kappa shape index (κ1) is 21.5. The number of hydrogen-bond acceptors (Lipinski definition) is 6. The molecule has 31 heavy (non-hydrogen) atoms. The van der Waals surface area contributed by atoms with Crippen molar-refractivity contribution in [2.75, 3.05) is 13.2 Å². The molecule has 0 aliphatic rings. The lowest BCUT2D eigenvalue weighted by Gasteiger charge is -2.06. The normalized spacial score (nSPS) is 11.0. The fourth-order valence-electron chi connectivity index (χ4n) is 2.91. The molecule has 3 aromatic rings. The van der Waals surface area contributed by atoms with Crippen molar-refractivity contribution >= 4 is 34.3 Å². The number of azo groups is 1. The zero-order chi connectivity index (χ0) is 22.4. The minimum absolute atomic E-state index is 0.0271. The van der Waals surface area contributed by atoms with Crippen LogP contribution < -0.4 is 15.8 Å². The molecule has 10 nitrogen and oxygen atoms in total. The summed E-state index contributed by atoms with van der Waals surface area (Å²) in [5.74, 6) is -1.66. The van der Waals surface area contributed by atoms with Crippen molar-refractivity contribution in [3.8, 4) is 11.6 Å². The number of ether oxygens (including phenoxy) is 1. The average molecular weight is 423 g/mol. The number of aryl methyl sites for hydroxylation is 1. The topological polar surface area (TPSA) is 148 Å². The number of para-hydroxylation sites is 1. The van der Waals surface area contributed by atoms with Crippen molar-refractivity contribution in [3.63, 3.8) is 0 Å². The Hall–Kier alpha value is -4.21. The number of aromatic hydroxyl groups is 1. The molecule has 1 aromatic heterocycles. The molecule has 0 atom stereocenters. The van der Waals surface area contributed by atoms with Gasteiger partial charge in [0.2, 0.25) is 11.8 Å². The summed E-state index contributed by atoms with van der Waals surface area (Å²) >= 11 is 0. The van der Waals surface area contributed by atoms with E-state index in [0.29, 0.717) is 16.7 Å². The summed E-state index contributed by atoms with van der Waals surface area (Å²) in [4.78, 5) is 35.1. The predicted molar refractivity (Wildman–Crippen MR) is 112 cm³/mol. The maximum absolute atomic E-state index is 12.0. The molecule has 0 aliphatic carbocycles. The van der Waals surface area contributed by atoms with Crippen molar-refractivity contribution in [1.82, 2.24) is 9.88 Å². The van der Waals surface area contributed by atoms with Gasteiger partial charge in [0.25, 0.3) is 11.8 Å². The van der Waals surface area contributed by atoms with E-state index in [1.165, 1.54) is 4.57 Å². The Morgan fingerprint density at radius 2 is 1.94 bits per heavy atom. The average Bonchev–Trinajstić information content (AvgIpc) is 3.00. The highest BCUT2D eigenvalue weighted by Crippen LogP contribution is 2.38. The highest BCUT2D eigenvalue weighted by molar-refractivity contribution is 5.96. The van der Waals surface area contributed by atoms with E-state index in [0.717, 1.165) is 5.56 Å². The van der Waals surface area contributed by atoms with Crippen molar-refractivity contribution < 1.29 is 24.2 Å². The van der Waals surface area contributed by atoms with Crippen LogP contribution in [0, 0.1) is 6.92 Å². The molecule has 4 N–H and O–H groups in total. The van der Waals surface area contributed by atoms with Gasteiger partial charge in [-0.2, -0.15) is 0 Å². The standard InChI is InChI=1S/C21H21N5O5/c1-13-5-4-6-14(9-13)31-12-19(29)23-10-18(28)24-25-20-15-7-2-3-8-16(15)26(21(20)30)11-17(22)27/h2-9,30H,10-12H2,1H3,(H2,22,27)(H,23,29). The number of nitrogens with one attached hydrogen (secondary N) is 1. The van der Waals surface area contributed by atoms with Crippen LogP contribution in [0.15, 0.2) is 58.8 Å². The second-order valence-corrected chi connectivity index (χ2v) is 6.72. The molecule has 160 valence electrons. The molecule has 3 amide bonds. The molecule has 0 radical (unpaired) electrons. The van der Waals surface area contributed by atoms with Gasteiger partial charge in [0, 0.05) is 5.39 Å². The zero-order valence-corrected chi connectivity index (χ0v) is 16.7. The van der Waals surface area contributed by atoms with Crippen molar-refractivity contribution in [3.05, 3.63) is 54.1 Å². The molecule has 0 saturated heterocycles. The maximum atomic E-state index is 12.0. The Morgan fingerprint density at radius 3 is 2.68 bits per heavy atom. The van der Waals surface area contributed by atoms with Crippen LogP contribution >= 0.6 is 0 Å². The number of rotatable bonds is 8. The number of amides is 3. The van der Waals surface area contributed by atoms with Gasteiger partial charge in [-0.3, -0.25) is 14.4 Å². The van der Waals surface area contributed by atoms with Gasteiger partial charge in [0.1, 0.15) is 18.8 Å². The highest BCUT2D eigenvalue weighted by atomic mass is 16.5. The summed E-state index contributed by atoms with van der Waals surface area (Å²) in [6.07, 6.45) is 0. The molecule has 0 bridgehead atoms. The minimum Gasteiger partial charge on any atom is -0.493 e.